The Morgan fingerprint density at radius 2 is 1.81 bits per heavy atom. The summed E-state index contributed by atoms with van der Waals surface area (Å²) in [4.78, 5) is 38.1. The molecular weight excluding hydrogens is 398 g/mol. The molecule has 0 fully saturated rings. The molecule has 1 heterocycles. The number of benzene rings is 2. The molecule has 3 rings (SSSR count). The number of likely N-dealkylation sites (N-methyl/N-ethyl adjacent to an activating group) is 1. The van der Waals surface area contributed by atoms with E-state index in [0.29, 0.717) is 5.69 Å². The number of carbonyl (C=O) groups excluding carboxylic acids is 1. The Kier molecular flexibility index (Phi) is 6.56. The molecule has 9 nitrogen and oxygen atoms in total. The Morgan fingerprint density at radius 3 is 2.45 bits per heavy atom. The van der Waals surface area contributed by atoms with Gasteiger partial charge < -0.3 is 10.2 Å². The first-order valence-corrected chi connectivity index (χ1v) is 9.64. The highest BCUT2D eigenvalue weighted by Gasteiger charge is 2.21. The van der Waals surface area contributed by atoms with Gasteiger partial charge in [-0.15, -0.1) is 0 Å². The number of nitrogens with zero attached hydrogens (tertiary/aromatic N) is 4. The van der Waals surface area contributed by atoms with Gasteiger partial charge in [-0.05, 0) is 32.6 Å². The van der Waals surface area contributed by atoms with Gasteiger partial charge in [-0.2, -0.15) is 5.10 Å². The van der Waals surface area contributed by atoms with Gasteiger partial charge in [0.25, 0.3) is 11.6 Å². The number of aryl methyl sites for hydroxylation is 1. The molecule has 0 radical (unpaired) electrons. The minimum absolute atomic E-state index is 0.104. The lowest BCUT2D eigenvalue weighted by Crippen LogP contribution is -2.37. The van der Waals surface area contributed by atoms with E-state index in [-0.39, 0.29) is 29.7 Å². The fourth-order valence-corrected chi connectivity index (χ4v) is 3.29. The number of aromatic nitrogens is 2. The molecule has 0 unspecified atom stereocenters. The van der Waals surface area contributed by atoms with Crippen molar-refractivity contribution in [1.29, 1.82) is 0 Å². The Hall–Kier alpha value is -3.85. The fourth-order valence-electron chi connectivity index (χ4n) is 3.29. The number of hydrogen-bond acceptors (Lipinski definition) is 6. The second kappa shape index (κ2) is 9.31. The summed E-state index contributed by atoms with van der Waals surface area (Å²) < 4.78 is 1.25. The van der Waals surface area contributed by atoms with Crippen LogP contribution in [0, 0.1) is 17.0 Å². The van der Waals surface area contributed by atoms with Gasteiger partial charge in [-0.1, -0.05) is 42.5 Å². The van der Waals surface area contributed by atoms with E-state index in [9.17, 15) is 19.7 Å². The Balaban J connectivity index is 1.91. The lowest BCUT2D eigenvalue weighted by Gasteiger charge is -2.25. The van der Waals surface area contributed by atoms with Gasteiger partial charge in [-0.25, -0.2) is 4.68 Å². The summed E-state index contributed by atoms with van der Waals surface area (Å²) >= 11 is 0. The van der Waals surface area contributed by atoms with Crippen molar-refractivity contribution in [3.63, 3.8) is 0 Å². The van der Waals surface area contributed by atoms with Gasteiger partial charge in [-0.3, -0.25) is 19.7 Å². The summed E-state index contributed by atoms with van der Waals surface area (Å²) in [5.74, 6) is -0.639. The second-order valence-corrected chi connectivity index (χ2v) is 7.26. The van der Waals surface area contributed by atoms with Crippen LogP contribution in [0.2, 0.25) is 0 Å². The van der Waals surface area contributed by atoms with Crippen LogP contribution in [-0.4, -0.2) is 46.2 Å². The summed E-state index contributed by atoms with van der Waals surface area (Å²) in [6, 6.07) is 16.8. The van der Waals surface area contributed by atoms with E-state index in [4.69, 9.17) is 0 Å². The van der Waals surface area contributed by atoms with Crippen LogP contribution in [0.1, 0.15) is 27.8 Å². The van der Waals surface area contributed by atoms with Gasteiger partial charge in [0, 0.05) is 24.4 Å². The predicted octanol–water partition coefficient (Wildman–Crippen LogP) is 2.48. The smallest absolute Gasteiger partial charge is 0.294 e. The Labute approximate surface area is 179 Å². The number of para-hydroxylation sites is 2. The number of hydrogen-bond donors (Lipinski definition) is 1. The van der Waals surface area contributed by atoms with Gasteiger partial charge in [0.05, 0.1) is 11.0 Å². The van der Waals surface area contributed by atoms with Crippen molar-refractivity contribution in [2.75, 3.05) is 20.6 Å². The van der Waals surface area contributed by atoms with Crippen molar-refractivity contribution < 1.29 is 9.72 Å². The summed E-state index contributed by atoms with van der Waals surface area (Å²) in [6.07, 6.45) is 0. The second-order valence-electron chi connectivity index (χ2n) is 7.26. The van der Waals surface area contributed by atoms with Crippen LogP contribution in [-0.2, 0) is 0 Å². The molecule has 0 aliphatic carbocycles. The molecule has 0 aliphatic heterocycles. The number of amides is 1. The van der Waals surface area contributed by atoms with E-state index < -0.39 is 16.3 Å². The zero-order valence-electron chi connectivity index (χ0n) is 17.5. The summed E-state index contributed by atoms with van der Waals surface area (Å²) in [6.45, 7) is 1.86. The van der Waals surface area contributed by atoms with Crippen molar-refractivity contribution >= 4 is 11.6 Å². The van der Waals surface area contributed by atoms with Crippen LogP contribution in [0.4, 0.5) is 5.69 Å². The molecule has 0 spiro atoms. The Morgan fingerprint density at radius 1 is 1.16 bits per heavy atom. The molecule has 1 atom stereocenters. The first kappa shape index (κ1) is 21.8. The zero-order valence-corrected chi connectivity index (χ0v) is 17.5. The molecule has 0 saturated heterocycles. The third kappa shape index (κ3) is 4.84. The molecule has 0 bridgehead atoms. The Bertz CT molecular complexity index is 1160. The highest BCUT2D eigenvalue weighted by Crippen LogP contribution is 2.22. The maximum atomic E-state index is 12.8. The summed E-state index contributed by atoms with van der Waals surface area (Å²) in [5.41, 5.74) is 0.521. The minimum atomic E-state index is -0.639. The molecule has 1 aromatic heterocycles. The molecule has 0 saturated carbocycles. The van der Waals surface area contributed by atoms with Crippen LogP contribution in [0.5, 0.6) is 0 Å². The van der Waals surface area contributed by atoms with E-state index in [2.05, 4.69) is 10.4 Å². The zero-order chi connectivity index (χ0) is 22.5. The first-order valence-electron chi connectivity index (χ1n) is 9.64. The van der Waals surface area contributed by atoms with Crippen molar-refractivity contribution in [1.82, 2.24) is 20.0 Å². The number of nitro benzene ring substituents is 1. The average Bonchev–Trinajstić information content (AvgIpc) is 2.74. The van der Waals surface area contributed by atoms with Crippen molar-refractivity contribution in [3.8, 4) is 5.69 Å². The molecule has 1 amide bonds. The van der Waals surface area contributed by atoms with Crippen LogP contribution >= 0.6 is 0 Å². The molecule has 3 aromatic rings. The molecule has 31 heavy (non-hydrogen) atoms. The lowest BCUT2D eigenvalue weighted by atomic mass is 10.1. The first-order chi connectivity index (χ1) is 14.8. The van der Waals surface area contributed by atoms with Crippen LogP contribution in [0.15, 0.2) is 65.5 Å². The van der Waals surface area contributed by atoms with Gasteiger partial charge in [0.2, 0.25) is 5.43 Å². The summed E-state index contributed by atoms with van der Waals surface area (Å²) in [7, 11) is 3.80. The monoisotopic (exact) mass is 421 g/mol. The van der Waals surface area contributed by atoms with E-state index in [0.717, 1.165) is 5.56 Å². The van der Waals surface area contributed by atoms with Crippen LogP contribution in [0.25, 0.3) is 5.69 Å². The van der Waals surface area contributed by atoms with Crippen LogP contribution in [0.3, 0.4) is 0 Å². The predicted molar refractivity (Wildman–Crippen MR) is 116 cm³/mol. The van der Waals surface area contributed by atoms with Crippen molar-refractivity contribution in [2.24, 2.45) is 0 Å². The largest absolute Gasteiger partial charge is 0.349 e. The molecule has 1 N–H and O–H groups in total. The topological polar surface area (TPSA) is 110 Å². The quantitative estimate of drug-likeness (QED) is 0.464. The van der Waals surface area contributed by atoms with Crippen molar-refractivity contribution in [3.05, 3.63) is 98.0 Å². The molecule has 160 valence electrons. The van der Waals surface area contributed by atoms with Gasteiger partial charge >= 0.3 is 0 Å². The summed E-state index contributed by atoms with van der Waals surface area (Å²) in [5, 5.41) is 18.3. The third-order valence-electron chi connectivity index (χ3n) is 4.89. The van der Waals surface area contributed by atoms with Gasteiger partial charge in [0.15, 0.2) is 5.69 Å². The number of carbonyl (C=O) groups is 1. The van der Waals surface area contributed by atoms with E-state index >= 15 is 0 Å². The molecule has 0 aliphatic rings. The highest BCUT2D eigenvalue weighted by molar-refractivity contribution is 5.92. The van der Waals surface area contributed by atoms with Crippen molar-refractivity contribution in [2.45, 2.75) is 13.0 Å². The lowest BCUT2D eigenvalue weighted by molar-refractivity contribution is -0.384. The van der Waals surface area contributed by atoms with E-state index in [1.54, 1.807) is 13.0 Å². The molecule has 9 heteroatoms. The van der Waals surface area contributed by atoms with Gasteiger partial charge in [0.1, 0.15) is 5.69 Å². The maximum absolute atomic E-state index is 12.8. The minimum Gasteiger partial charge on any atom is -0.349 e. The highest BCUT2D eigenvalue weighted by atomic mass is 16.6. The molecule has 2 aromatic carbocycles. The SMILES string of the molecule is Cc1cc(=O)c(C(=O)NC[C@@H](c2ccccc2)N(C)C)nn1-c1ccccc1[N+](=O)[O-]. The number of rotatable bonds is 7. The third-order valence-corrected chi connectivity index (χ3v) is 4.89. The fraction of sp³-hybridized carbons (Fsp3) is 0.227. The van der Waals surface area contributed by atoms with Crippen LogP contribution < -0.4 is 10.7 Å². The number of nitrogens with one attached hydrogen (secondary N) is 1. The maximum Gasteiger partial charge on any atom is 0.294 e. The van der Waals surface area contributed by atoms with E-state index in [1.807, 2.05) is 49.3 Å². The average molecular weight is 421 g/mol. The number of nitro groups is 1. The normalized spacial score (nSPS) is 11.9. The molecular formula is C22H23N5O4. The standard InChI is InChI=1S/C22H23N5O4/c1-15-13-20(28)21(24-26(15)17-11-7-8-12-18(17)27(30)31)22(29)23-14-19(25(2)3)16-9-5-4-6-10-16/h4-13,19H,14H2,1-3H3,(H,23,29)/t19-/m0/s1. The van der Waals surface area contributed by atoms with E-state index in [1.165, 1.54) is 28.9 Å².